The molecule has 0 radical (unpaired) electrons. The lowest BCUT2D eigenvalue weighted by Gasteiger charge is -2.26. The first-order valence-corrected chi connectivity index (χ1v) is 7.75. The molecular formula is C16H20Cl2N4O. The number of nitrogens with one attached hydrogen (secondary N) is 2. The Morgan fingerprint density at radius 1 is 1.39 bits per heavy atom. The van der Waals surface area contributed by atoms with Gasteiger partial charge in [0.2, 0.25) is 0 Å². The standard InChI is InChI=1S/C16H19ClN4O.ClH/c1-10(11-5-3-4-6-13(11)17)21(2)16(22)15-12-9-18-8-7-14(12)19-20-15;/h3-6,10,18H,7-9H2,1-2H3,(H,19,20);1H. The van der Waals surface area contributed by atoms with Crippen LogP contribution in [0.15, 0.2) is 24.3 Å². The number of hydrogen-bond donors (Lipinski definition) is 2. The largest absolute Gasteiger partial charge is 0.333 e. The Bertz CT molecular complexity index is 701. The van der Waals surface area contributed by atoms with Crippen molar-refractivity contribution in [3.05, 3.63) is 51.8 Å². The zero-order valence-corrected chi connectivity index (χ0v) is 14.7. The summed E-state index contributed by atoms with van der Waals surface area (Å²) in [5, 5.41) is 11.2. The van der Waals surface area contributed by atoms with Crippen LogP contribution >= 0.6 is 24.0 Å². The van der Waals surface area contributed by atoms with Crippen LogP contribution in [-0.4, -0.2) is 34.6 Å². The van der Waals surface area contributed by atoms with E-state index in [0.717, 1.165) is 29.8 Å². The molecule has 0 aliphatic carbocycles. The molecule has 1 aliphatic heterocycles. The maximum absolute atomic E-state index is 12.8. The number of carbonyl (C=O) groups is 1. The fourth-order valence-electron chi connectivity index (χ4n) is 2.77. The van der Waals surface area contributed by atoms with Gasteiger partial charge in [-0.15, -0.1) is 12.4 Å². The molecule has 1 unspecified atom stereocenters. The second kappa shape index (κ2) is 7.34. The minimum absolute atomic E-state index is 0. The Morgan fingerprint density at radius 2 is 2.13 bits per heavy atom. The third-order valence-electron chi connectivity index (χ3n) is 4.27. The highest BCUT2D eigenvalue weighted by Crippen LogP contribution is 2.28. The van der Waals surface area contributed by atoms with Crippen LogP contribution in [0, 0.1) is 0 Å². The first-order valence-electron chi connectivity index (χ1n) is 7.38. The van der Waals surface area contributed by atoms with Gasteiger partial charge in [-0.3, -0.25) is 9.89 Å². The lowest BCUT2D eigenvalue weighted by Crippen LogP contribution is -2.32. The van der Waals surface area contributed by atoms with E-state index in [1.807, 2.05) is 31.2 Å². The highest BCUT2D eigenvalue weighted by atomic mass is 35.5. The van der Waals surface area contributed by atoms with Crippen LogP contribution in [0.5, 0.6) is 0 Å². The lowest BCUT2D eigenvalue weighted by atomic mass is 10.0. The molecule has 3 rings (SSSR count). The SMILES string of the molecule is CC(c1ccccc1Cl)N(C)C(=O)c1n[nH]c2c1CNCC2.Cl. The fraction of sp³-hybridized carbons (Fsp3) is 0.375. The minimum atomic E-state index is -0.120. The molecule has 124 valence electrons. The first-order chi connectivity index (χ1) is 10.6. The smallest absolute Gasteiger partial charge is 0.274 e. The van der Waals surface area contributed by atoms with Crippen LogP contribution < -0.4 is 5.32 Å². The van der Waals surface area contributed by atoms with Gasteiger partial charge in [0, 0.05) is 42.8 Å². The number of nitrogens with zero attached hydrogens (tertiary/aromatic N) is 2. The van der Waals surface area contributed by atoms with Crippen LogP contribution in [-0.2, 0) is 13.0 Å². The summed E-state index contributed by atoms with van der Waals surface area (Å²) in [6.07, 6.45) is 0.874. The van der Waals surface area contributed by atoms with E-state index in [-0.39, 0.29) is 24.4 Å². The minimum Gasteiger partial charge on any atom is -0.333 e. The second-order valence-electron chi connectivity index (χ2n) is 5.57. The van der Waals surface area contributed by atoms with Crippen molar-refractivity contribution >= 4 is 29.9 Å². The van der Waals surface area contributed by atoms with Crippen molar-refractivity contribution < 1.29 is 4.79 Å². The molecule has 5 nitrogen and oxygen atoms in total. The van der Waals surface area contributed by atoms with Gasteiger partial charge in [-0.1, -0.05) is 29.8 Å². The molecular weight excluding hydrogens is 335 g/mol. The first kappa shape index (κ1) is 17.8. The van der Waals surface area contributed by atoms with Crippen LogP contribution in [0.25, 0.3) is 0 Å². The monoisotopic (exact) mass is 354 g/mol. The van der Waals surface area contributed by atoms with Crippen LogP contribution in [0.4, 0.5) is 0 Å². The molecule has 0 bridgehead atoms. The number of carbonyl (C=O) groups excluding carboxylic acids is 1. The van der Waals surface area contributed by atoms with Crippen molar-refractivity contribution in [2.45, 2.75) is 25.9 Å². The van der Waals surface area contributed by atoms with Crippen molar-refractivity contribution in [2.75, 3.05) is 13.6 Å². The predicted molar refractivity (Wildman–Crippen MR) is 93.2 cm³/mol. The maximum Gasteiger partial charge on any atom is 0.274 e. The molecule has 1 amide bonds. The lowest BCUT2D eigenvalue weighted by molar-refractivity contribution is 0.0735. The van der Waals surface area contributed by atoms with Crippen LogP contribution in [0.1, 0.15) is 40.3 Å². The number of aromatic amines is 1. The van der Waals surface area contributed by atoms with E-state index in [1.165, 1.54) is 0 Å². The van der Waals surface area contributed by atoms with Crippen molar-refractivity contribution in [3.8, 4) is 0 Å². The highest BCUT2D eigenvalue weighted by molar-refractivity contribution is 6.31. The fourth-order valence-corrected chi connectivity index (χ4v) is 3.06. The van der Waals surface area contributed by atoms with Gasteiger partial charge in [0.15, 0.2) is 5.69 Å². The van der Waals surface area contributed by atoms with Gasteiger partial charge in [0.05, 0.1) is 6.04 Å². The van der Waals surface area contributed by atoms with Crippen molar-refractivity contribution in [3.63, 3.8) is 0 Å². The van der Waals surface area contributed by atoms with Crippen molar-refractivity contribution in [1.29, 1.82) is 0 Å². The summed E-state index contributed by atoms with van der Waals surface area (Å²) in [4.78, 5) is 14.5. The number of halogens is 2. The normalized spacial score (nSPS) is 14.6. The van der Waals surface area contributed by atoms with Gasteiger partial charge < -0.3 is 10.2 Å². The molecule has 1 aromatic heterocycles. The van der Waals surface area contributed by atoms with Gasteiger partial charge in [-0.2, -0.15) is 5.10 Å². The van der Waals surface area contributed by atoms with Crippen molar-refractivity contribution in [2.24, 2.45) is 0 Å². The average molecular weight is 355 g/mol. The van der Waals surface area contributed by atoms with E-state index in [9.17, 15) is 4.79 Å². The Balaban J connectivity index is 0.00000192. The molecule has 0 fully saturated rings. The molecule has 0 spiro atoms. The van der Waals surface area contributed by atoms with Gasteiger partial charge in [0.1, 0.15) is 0 Å². The molecule has 2 aromatic rings. The zero-order valence-electron chi connectivity index (χ0n) is 13.1. The van der Waals surface area contributed by atoms with Crippen LogP contribution in [0.2, 0.25) is 5.02 Å². The summed E-state index contributed by atoms with van der Waals surface area (Å²) in [7, 11) is 1.79. The second-order valence-corrected chi connectivity index (χ2v) is 5.98. The van der Waals surface area contributed by atoms with E-state index in [2.05, 4.69) is 15.5 Å². The number of aromatic nitrogens is 2. The molecule has 2 heterocycles. The highest BCUT2D eigenvalue weighted by Gasteiger charge is 2.27. The van der Waals surface area contributed by atoms with Gasteiger partial charge in [0.25, 0.3) is 5.91 Å². The summed E-state index contributed by atoms with van der Waals surface area (Å²) >= 11 is 6.24. The predicted octanol–water partition coefficient (Wildman–Crippen LogP) is 2.96. The van der Waals surface area contributed by atoms with E-state index >= 15 is 0 Å². The summed E-state index contributed by atoms with van der Waals surface area (Å²) in [6, 6.07) is 7.47. The van der Waals surface area contributed by atoms with E-state index in [1.54, 1.807) is 11.9 Å². The Morgan fingerprint density at radius 3 is 2.87 bits per heavy atom. The quantitative estimate of drug-likeness (QED) is 0.890. The molecule has 0 saturated carbocycles. The molecule has 7 heteroatoms. The van der Waals surface area contributed by atoms with E-state index in [0.29, 0.717) is 17.3 Å². The molecule has 0 saturated heterocycles. The third kappa shape index (κ3) is 3.37. The number of rotatable bonds is 3. The number of fused-ring (bicyclic) bond motifs is 1. The molecule has 2 N–H and O–H groups in total. The third-order valence-corrected chi connectivity index (χ3v) is 4.61. The number of hydrogen-bond acceptors (Lipinski definition) is 3. The Hall–Kier alpha value is -1.56. The topological polar surface area (TPSA) is 61.0 Å². The number of H-pyrrole nitrogens is 1. The van der Waals surface area contributed by atoms with Gasteiger partial charge in [-0.05, 0) is 18.6 Å². The van der Waals surface area contributed by atoms with Gasteiger partial charge in [-0.25, -0.2) is 0 Å². The van der Waals surface area contributed by atoms with Crippen molar-refractivity contribution in [1.82, 2.24) is 20.4 Å². The average Bonchev–Trinajstić information content (AvgIpc) is 2.97. The van der Waals surface area contributed by atoms with Crippen LogP contribution in [0.3, 0.4) is 0 Å². The summed E-state index contributed by atoms with van der Waals surface area (Å²) in [5.41, 5.74) is 3.47. The Kier molecular flexibility index (Phi) is 5.68. The zero-order chi connectivity index (χ0) is 15.7. The van der Waals surface area contributed by atoms with Gasteiger partial charge >= 0.3 is 0 Å². The number of benzene rings is 1. The summed E-state index contributed by atoms with van der Waals surface area (Å²) in [5.74, 6) is -0.0892. The molecule has 1 atom stereocenters. The molecule has 1 aliphatic rings. The van der Waals surface area contributed by atoms with E-state index in [4.69, 9.17) is 11.6 Å². The number of amides is 1. The summed E-state index contributed by atoms with van der Waals surface area (Å²) < 4.78 is 0. The molecule has 1 aromatic carbocycles. The van der Waals surface area contributed by atoms with E-state index < -0.39 is 0 Å². The summed E-state index contributed by atoms with van der Waals surface area (Å²) in [6.45, 7) is 3.56. The maximum atomic E-state index is 12.8. The molecule has 23 heavy (non-hydrogen) atoms. The Labute approximate surface area is 146 Å².